The summed E-state index contributed by atoms with van der Waals surface area (Å²) < 4.78 is 6.24. The third kappa shape index (κ3) is 1.54. The fourth-order valence-electron chi connectivity index (χ4n) is 6.00. The number of rotatable bonds is 2. The second kappa shape index (κ2) is 4.52. The van der Waals surface area contributed by atoms with E-state index in [0.29, 0.717) is 17.7 Å². The Balaban J connectivity index is 1.74. The molecule has 1 aromatic rings. The Kier molecular flexibility index (Phi) is 2.73. The zero-order valence-electron chi connectivity index (χ0n) is 13.2. The van der Waals surface area contributed by atoms with E-state index in [2.05, 4.69) is 11.5 Å². The summed E-state index contributed by atoms with van der Waals surface area (Å²) in [6.07, 6.45) is 5.14. The van der Waals surface area contributed by atoms with Gasteiger partial charge in [0.2, 0.25) is 0 Å². The van der Waals surface area contributed by atoms with Crippen molar-refractivity contribution in [1.29, 1.82) is 0 Å². The lowest BCUT2D eigenvalue weighted by molar-refractivity contribution is -0.102. The first-order chi connectivity index (χ1) is 11.2. The molecular weight excluding hydrogens is 290 g/mol. The molecule has 5 rings (SSSR count). The van der Waals surface area contributed by atoms with Crippen molar-refractivity contribution in [1.82, 2.24) is 4.90 Å². The number of piperidine rings is 1. The molecule has 0 aromatic heterocycles. The molecule has 2 aliphatic heterocycles. The number of phenolic OH excluding ortho intramolecular Hbond substituents is 1. The molecule has 2 bridgehead atoms. The molecule has 2 aliphatic carbocycles. The minimum Gasteiger partial charge on any atom is -0.508 e. The number of aliphatic hydroxyl groups excluding tert-OH is 1. The van der Waals surface area contributed by atoms with E-state index in [0.717, 1.165) is 50.1 Å². The second-order valence-electron chi connectivity index (χ2n) is 7.57. The molecule has 23 heavy (non-hydrogen) atoms. The average Bonchev–Trinajstić information content (AvgIpc) is 2.88. The first-order valence-corrected chi connectivity index (χ1v) is 8.72. The normalized spacial score (nSPS) is 40.4. The number of phenols is 1. The van der Waals surface area contributed by atoms with Gasteiger partial charge in [0.1, 0.15) is 17.6 Å². The van der Waals surface area contributed by atoms with Crippen LogP contribution in [0.2, 0.25) is 0 Å². The monoisotopic (exact) mass is 313 g/mol. The Hall–Kier alpha value is -1.52. The first kappa shape index (κ1) is 13.9. The smallest absolute Gasteiger partial charge is 0.135 e. The lowest BCUT2D eigenvalue weighted by Crippen LogP contribution is -2.66. The van der Waals surface area contributed by atoms with Gasteiger partial charge >= 0.3 is 0 Å². The maximum atomic E-state index is 10.6. The summed E-state index contributed by atoms with van der Waals surface area (Å²) in [5.41, 5.74) is 2.15. The number of hydrogen-bond donors (Lipinski definition) is 2. The van der Waals surface area contributed by atoms with Crippen LogP contribution in [0.25, 0.3) is 0 Å². The van der Waals surface area contributed by atoms with Gasteiger partial charge in [-0.3, -0.25) is 4.90 Å². The molecule has 1 saturated heterocycles. The van der Waals surface area contributed by atoms with E-state index in [1.807, 2.05) is 12.1 Å². The van der Waals surface area contributed by atoms with Crippen LogP contribution >= 0.6 is 0 Å². The van der Waals surface area contributed by atoms with Crippen LogP contribution in [-0.2, 0) is 11.8 Å². The number of nitrogens with zero attached hydrogens (tertiary/aromatic N) is 1. The van der Waals surface area contributed by atoms with Crippen LogP contribution in [-0.4, -0.2) is 46.5 Å². The minimum atomic E-state index is -0.404. The molecular formula is C19H23NO3. The van der Waals surface area contributed by atoms with E-state index < -0.39 is 6.10 Å². The Bertz CT molecular complexity index is 687. The molecule has 2 N–H and O–H groups in total. The van der Waals surface area contributed by atoms with Crippen molar-refractivity contribution >= 4 is 0 Å². The predicted molar refractivity (Wildman–Crippen MR) is 86.8 cm³/mol. The lowest BCUT2D eigenvalue weighted by atomic mass is 9.51. The van der Waals surface area contributed by atoms with Gasteiger partial charge in [-0.05, 0) is 50.3 Å². The maximum absolute atomic E-state index is 10.6. The van der Waals surface area contributed by atoms with E-state index in [9.17, 15) is 10.2 Å². The van der Waals surface area contributed by atoms with E-state index in [1.54, 1.807) is 6.07 Å². The molecule has 4 aliphatic rings. The molecule has 5 atom stereocenters. The van der Waals surface area contributed by atoms with Crippen molar-refractivity contribution in [2.45, 2.75) is 49.3 Å². The molecule has 1 aromatic carbocycles. The van der Waals surface area contributed by atoms with Crippen molar-refractivity contribution in [3.05, 3.63) is 35.9 Å². The van der Waals surface area contributed by atoms with Crippen molar-refractivity contribution in [3.63, 3.8) is 0 Å². The van der Waals surface area contributed by atoms with E-state index >= 15 is 0 Å². The van der Waals surface area contributed by atoms with Gasteiger partial charge in [0, 0.05) is 29.1 Å². The molecule has 2 heterocycles. The van der Waals surface area contributed by atoms with Crippen LogP contribution in [0.1, 0.15) is 30.4 Å². The number of ether oxygens (including phenoxy) is 1. The highest BCUT2D eigenvalue weighted by atomic mass is 16.5. The van der Waals surface area contributed by atoms with Crippen molar-refractivity contribution < 1.29 is 14.9 Å². The third-order valence-electron chi connectivity index (χ3n) is 6.78. The van der Waals surface area contributed by atoms with E-state index in [1.165, 1.54) is 5.56 Å². The molecule has 4 nitrogen and oxygen atoms in total. The van der Waals surface area contributed by atoms with Crippen LogP contribution in [0.15, 0.2) is 24.8 Å². The fourth-order valence-corrected chi connectivity index (χ4v) is 6.00. The number of aromatic hydroxyl groups is 1. The number of hydrogen-bond acceptors (Lipinski definition) is 4. The van der Waals surface area contributed by atoms with Crippen LogP contribution in [0.5, 0.6) is 11.5 Å². The van der Waals surface area contributed by atoms with Crippen molar-refractivity contribution in [2.75, 3.05) is 13.1 Å². The largest absolute Gasteiger partial charge is 0.508 e. The summed E-state index contributed by atoms with van der Waals surface area (Å²) in [4.78, 5) is 2.51. The third-order valence-corrected chi connectivity index (χ3v) is 6.78. The van der Waals surface area contributed by atoms with Crippen molar-refractivity contribution in [3.8, 4) is 11.5 Å². The standard InChI is InChI=1S/C19H23NO3/c1-2-8-20-9-7-19-12-3-4-15(22)18(19)23-16-6-5-14(21)11(17(16)19)10-13(12)20/h2,5-6,12-13,15,18,21-22H,1,3-4,7-10H2/t12?,13?,15-,18?,19-/m0/s1. The minimum absolute atomic E-state index is 0.109. The molecule has 0 radical (unpaired) electrons. The molecule has 2 fully saturated rings. The summed E-state index contributed by atoms with van der Waals surface area (Å²) >= 11 is 0. The topological polar surface area (TPSA) is 52.9 Å². The highest BCUT2D eigenvalue weighted by Crippen LogP contribution is 2.63. The highest BCUT2D eigenvalue weighted by Gasteiger charge is 2.65. The summed E-state index contributed by atoms with van der Waals surface area (Å²) in [7, 11) is 0. The molecule has 1 saturated carbocycles. The Labute approximate surface area is 136 Å². The maximum Gasteiger partial charge on any atom is 0.135 e. The van der Waals surface area contributed by atoms with Gasteiger partial charge in [0.05, 0.1) is 6.10 Å². The van der Waals surface area contributed by atoms with Gasteiger partial charge in [-0.25, -0.2) is 0 Å². The van der Waals surface area contributed by atoms with Gasteiger partial charge in [0.25, 0.3) is 0 Å². The Morgan fingerprint density at radius 1 is 1.39 bits per heavy atom. The highest BCUT2D eigenvalue weighted by molar-refractivity contribution is 5.59. The average molecular weight is 313 g/mol. The zero-order chi connectivity index (χ0) is 15.8. The zero-order valence-corrected chi connectivity index (χ0v) is 13.2. The van der Waals surface area contributed by atoms with Gasteiger partial charge in [-0.2, -0.15) is 0 Å². The number of likely N-dealkylation sites (tertiary alicyclic amines) is 1. The SMILES string of the molecule is C=CCN1CC[C@@]23c4c5ccc(O)c4CC1C2CC[C@H](O)C3O5. The Morgan fingerprint density at radius 2 is 2.26 bits per heavy atom. The van der Waals surface area contributed by atoms with E-state index in [4.69, 9.17) is 4.74 Å². The number of benzene rings is 1. The quantitative estimate of drug-likeness (QED) is 0.820. The number of aliphatic hydroxyl groups is 1. The fraction of sp³-hybridized carbons (Fsp3) is 0.579. The van der Waals surface area contributed by atoms with Crippen molar-refractivity contribution in [2.24, 2.45) is 5.92 Å². The molecule has 122 valence electrons. The molecule has 1 spiro atoms. The summed E-state index contributed by atoms with van der Waals surface area (Å²) in [5.74, 6) is 1.78. The summed E-state index contributed by atoms with van der Waals surface area (Å²) in [6, 6.07) is 4.05. The molecule has 0 amide bonds. The van der Waals surface area contributed by atoms with Crippen LogP contribution in [0, 0.1) is 5.92 Å². The predicted octanol–water partition coefficient (Wildman–Crippen LogP) is 1.98. The van der Waals surface area contributed by atoms with E-state index in [-0.39, 0.29) is 11.5 Å². The first-order valence-electron chi connectivity index (χ1n) is 8.72. The molecule has 3 unspecified atom stereocenters. The van der Waals surface area contributed by atoms with Gasteiger partial charge in [-0.15, -0.1) is 6.58 Å². The Morgan fingerprint density at radius 3 is 3.09 bits per heavy atom. The van der Waals surface area contributed by atoms with Gasteiger partial charge in [-0.1, -0.05) is 6.08 Å². The van der Waals surface area contributed by atoms with Gasteiger partial charge in [0.15, 0.2) is 0 Å². The van der Waals surface area contributed by atoms with Gasteiger partial charge < -0.3 is 14.9 Å². The van der Waals surface area contributed by atoms with Crippen LogP contribution in [0.3, 0.4) is 0 Å². The summed E-state index contributed by atoms with van der Waals surface area (Å²) in [6.45, 7) is 5.80. The van der Waals surface area contributed by atoms with Crippen LogP contribution < -0.4 is 4.74 Å². The molecule has 4 heteroatoms. The second-order valence-corrected chi connectivity index (χ2v) is 7.57. The lowest BCUT2D eigenvalue weighted by Gasteiger charge is -2.59. The van der Waals surface area contributed by atoms with Crippen LogP contribution in [0.4, 0.5) is 0 Å². The summed E-state index contributed by atoms with van der Waals surface area (Å²) in [5, 5.41) is 21.1.